The number of thiocarbonyl (C=S) groups is 1. The molecule has 0 saturated carbocycles. The molecule has 5 nitrogen and oxygen atoms in total. The normalized spacial score (nSPS) is 18.1. The van der Waals surface area contributed by atoms with Crippen molar-refractivity contribution in [1.29, 1.82) is 0 Å². The van der Waals surface area contributed by atoms with Crippen molar-refractivity contribution >= 4 is 55.4 Å². The molecule has 21 heavy (non-hydrogen) atoms. The minimum Gasteiger partial charge on any atom is -0.506 e. The van der Waals surface area contributed by atoms with Crippen LogP contribution in [0.5, 0.6) is 5.75 Å². The van der Waals surface area contributed by atoms with E-state index < -0.39 is 0 Å². The Morgan fingerprint density at radius 3 is 3.05 bits per heavy atom. The Balaban J connectivity index is 1.82. The molecule has 0 spiro atoms. The van der Waals surface area contributed by atoms with Crippen molar-refractivity contribution in [3.05, 3.63) is 26.6 Å². The molecule has 2 rings (SSSR count). The molecule has 114 valence electrons. The molecule has 8 heteroatoms. The summed E-state index contributed by atoms with van der Waals surface area (Å²) in [6.07, 6.45) is 3.88. The SMILES string of the molecule is Oc1c(Br)cc(Br)cc1C=NNC(=S)NCC1CCCO1. The second kappa shape index (κ2) is 8.07. The zero-order valence-electron chi connectivity index (χ0n) is 11.1. The van der Waals surface area contributed by atoms with E-state index in [1.807, 2.05) is 0 Å². The minimum atomic E-state index is 0.127. The highest BCUT2D eigenvalue weighted by Gasteiger charge is 2.15. The summed E-state index contributed by atoms with van der Waals surface area (Å²) in [6.45, 7) is 1.50. The maximum Gasteiger partial charge on any atom is 0.187 e. The van der Waals surface area contributed by atoms with Gasteiger partial charge in [-0.3, -0.25) is 5.43 Å². The lowest BCUT2D eigenvalue weighted by molar-refractivity contribution is 0.114. The molecular weight excluding hydrogens is 422 g/mol. The molecule has 0 radical (unpaired) electrons. The highest BCUT2D eigenvalue weighted by atomic mass is 79.9. The first-order valence-electron chi connectivity index (χ1n) is 6.43. The van der Waals surface area contributed by atoms with Gasteiger partial charge in [-0.2, -0.15) is 5.10 Å². The Morgan fingerprint density at radius 2 is 2.33 bits per heavy atom. The van der Waals surface area contributed by atoms with Crippen molar-refractivity contribution in [3.8, 4) is 5.75 Å². The average Bonchev–Trinajstić information content (AvgIpc) is 2.95. The summed E-state index contributed by atoms with van der Waals surface area (Å²) >= 11 is 11.7. The molecule has 1 aliphatic rings. The zero-order chi connectivity index (χ0) is 15.2. The van der Waals surface area contributed by atoms with Gasteiger partial charge in [-0.15, -0.1) is 0 Å². The third-order valence-electron chi connectivity index (χ3n) is 2.94. The van der Waals surface area contributed by atoms with E-state index in [-0.39, 0.29) is 11.9 Å². The summed E-state index contributed by atoms with van der Waals surface area (Å²) in [4.78, 5) is 0. The van der Waals surface area contributed by atoms with Crippen LogP contribution >= 0.6 is 44.1 Å². The van der Waals surface area contributed by atoms with Crippen LogP contribution in [0.15, 0.2) is 26.2 Å². The molecule has 0 amide bonds. The van der Waals surface area contributed by atoms with Gasteiger partial charge in [0.2, 0.25) is 0 Å². The van der Waals surface area contributed by atoms with Crippen LogP contribution in [-0.4, -0.2) is 35.7 Å². The number of hydrazone groups is 1. The first-order valence-corrected chi connectivity index (χ1v) is 8.42. The van der Waals surface area contributed by atoms with Crippen LogP contribution in [0.2, 0.25) is 0 Å². The highest BCUT2D eigenvalue weighted by molar-refractivity contribution is 9.11. The fraction of sp³-hybridized carbons (Fsp3) is 0.385. The van der Waals surface area contributed by atoms with Crippen molar-refractivity contribution in [1.82, 2.24) is 10.7 Å². The zero-order valence-corrected chi connectivity index (χ0v) is 15.1. The maximum absolute atomic E-state index is 9.88. The average molecular weight is 437 g/mol. The van der Waals surface area contributed by atoms with Crippen molar-refractivity contribution in [2.75, 3.05) is 13.2 Å². The van der Waals surface area contributed by atoms with Gasteiger partial charge in [-0.25, -0.2) is 0 Å². The van der Waals surface area contributed by atoms with Gasteiger partial charge in [0.1, 0.15) is 5.75 Å². The second-order valence-corrected chi connectivity index (χ2v) is 6.72. The molecule has 0 bridgehead atoms. The van der Waals surface area contributed by atoms with E-state index in [0.717, 1.165) is 23.9 Å². The molecule has 0 aliphatic carbocycles. The van der Waals surface area contributed by atoms with Crippen molar-refractivity contribution in [2.24, 2.45) is 5.10 Å². The number of phenols is 1. The van der Waals surface area contributed by atoms with Crippen LogP contribution in [0.3, 0.4) is 0 Å². The number of nitrogens with zero attached hydrogens (tertiary/aromatic N) is 1. The summed E-state index contributed by atoms with van der Waals surface area (Å²) in [6, 6.07) is 3.52. The highest BCUT2D eigenvalue weighted by Crippen LogP contribution is 2.30. The lowest BCUT2D eigenvalue weighted by Crippen LogP contribution is -2.37. The predicted molar refractivity (Wildman–Crippen MR) is 93.8 cm³/mol. The number of ether oxygens (including phenoxy) is 1. The maximum atomic E-state index is 9.88. The summed E-state index contributed by atoms with van der Waals surface area (Å²) in [5.41, 5.74) is 3.29. The Bertz CT molecular complexity index is 548. The molecule has 1 atom stereocenters. The molecule has 1 heterocycles. The monoisotopic (exact) mass is 435 g/mol. The summed E-state index contributed by atoms with van der Waals surface area (Å²) in [7, 11) is 0. The Kier molecular flexibility index (Phi) is 6.40. The van der Waals surface area contributed by atoms with Crippen molar-refractivity contribution < 1.29 is 9.84 Å². The molecule has 1 aliphatic heterocycles. The fourth-order valence-electron chi connectivity index (χ4n) is 1.90. The predicted octanol–water partition coefficient (Wildman–Crippen LogP) is 2.89. The molecule has 3 N–H and O–H groups in total. The van der Waals surface area contributed by atoms with E-state index >= 15 is 0 Å². The van der Waals surface area contributed by atoms with Crippen LogP contribution in [0, 0.1) is 0 Å². The fourth-order valence-corrected chi connectivity index (χ4v) is 3.29. The van der Waals surface area contributed by atoms with Gasteiger partial charge in [-0.05, 0) is 53.1 Å². The van der Waals surface area contributed by atoms with E-state index in [4.69, 9.17) is 17.0 Å². The van der Waals surface area contributed by atoms with E-state index in [9.17, 15) is 5.11 Å². The first kappa shape index (κ1) is 16.7. The third-order valence-corrected chi connectivity index (χ3v) is 4.24. The molecule has 1 aromatic carbocycles. The van der Waals surface area contributed by atoms with Gasteiger partial charge in [0, 0.05) is 23.2 Å². The van der Waals surface area contributed by atoms with Gasteiger partial charge in [0.25, 0.3) is 0 Å². The van der Waals surface area contributed by atoms with Crippen LogP contribution in [0.25, 0.3) is 0 Å². The largest absolute Gasteiger partial charge is 0.506 e. The number of phenolic OH excluding ortho intramolecular Hbond substituents is 1. The van der Waals surface area contributed by atoms with Gasteiger partial charge >= 0.3 is 0 Å². The van der Waals surface area contributed by atoms with Crippen LogP contribution in [-0.2, 0) is 4.74 Å². The summed E-state index contributed by atoms with van der Waals surface area (Å²) in [5, 5.41) is 17.4. The molecule has 1 fully saturated rings. The number of hydrogen-bond donors (Lipinski definition) is 3. The van der Waals surface area contributed by atoms with Gasteiger partial charge in [-0.1, -0.05) is 15.9 Å². The lowest BCUT2D eigenvalue weighted by atomic mass is 10.2. The van der Waals surface area contributed by atoms with E-state index in [2.05, 4.69) is 47.7 Å². The molecular formula is C13H15Br2N3O2S. The van der Waals surface area contributed by atoms with Gasteiger partial charge in [0.05, 0.1) is 16.8 Å². The topological polar surface area (TPSA) is 65.9 Å². The second-order valence-electron chi connectivity index (χ2n) is 4.54. The van der Waals surface area contributed by atoms with Crippen LogP contribution < -0.4 is 10.7 Å². The first-order chi connectivity index (χ1) is 10.1. The van der Waals surface area contributed by atoms with Gasteiger partial charge in [0.15, 0.2) is 5.11 Å². The Hall–Kier alpha value is -0.700. The Labute approximate surface area is 145 Å². The van der Waals surface area contributed by atoms with Crippen molar-refractivity contribution in [3.63, 3.8) is 0 Å². The summed E-state index contributed by atoms with van der Waals surface area (Å²) in [5.74, 6) is 0.127. The molecule has 1 aromatic rings. The minimum absolute atomic E-state index is 0.127. The standard InChI is InChI=1S/C13H15Br2N3O2S/c14-9-4-8(12(19)11(15)5-9)6-17-18-13(21)16-7-10-2-1-3-20-10/h4-6,10,19H,1-3,7H2,(H2,16,18,21). The van der Waals surface area contributed by atoms with Crippen LogP contribution in [0.4, 0.5) is 0 Å². The number of aromatic hydroxyl groups is 1. The third kappa shape index (κ3) is 5.21. The number of halogens is 2. The van der Waals surface area contributed by atoms with E-state index in [1.54, 1.807) is 12.1 Å². The molecule has 0 aromatic heterocycles. The number of benzene rings is 1. The van der Waals surface area contributed by atoms with E-state index in [0.29, 0.717) is 21.7 Å². The number of rotatable bonds is 4. The van der Waals surface area contributed by atoms with E-state index in [1.165, 1.54) is 6.21 Å². The van der Waals surface area contributed by atoms with Crippen LogP contribution in [0.1, 0.15) is 18.4 Å². The lowest BCUT2D eigenvalue weighted by Gasteiger charge is -2.11. The molecule has 1 saturated heterocycles. The number of nitrogens with one attached hydrogen (secondary N) is 2. The molecule has 1 unspecified atom stereocenters. The summed E-state index contributed by atoms with van der Waals surface area (Å²) < 4.78 is 6.92. The van der Waals surface area contributed by atoms with Crippen molar-refractivity contribution in [2.45, 2.75) is 18.9 Å². The Morgan fingerprint density at radius 1 is 1.52 bits per heavy atom. The van der Waals surface area contributed by atoms with Gasteiger partial charge < -0.3 is 15.2 Å². The quantitative estimate of drug-likeness (QED) is 0.384. The number of hydrogen-bond acceptors (Lipinski definition) is 4. The smallest absolute Gasteiger partial charge is 0.187 e.